The van der Waals surface area contributed by atoms with Gasteiger partial charge in [0.25, 0.3) is 11.8 Å². The summed E-state index contributed by atoms with van der Waals surface area (Å²) in [6.07, 6.45) is -0.0151. The molecule has 30 heavy (non-hydrogen) atoms. The zero-order chi connectivity index (χ0) is 21.5. The first kappa shape index (κ1) is 21.5. The van der Waals surface area contributed by atoms with Crippen LogP contribution in [-0.2, 0) is 9.53 Å². The van der Waals surface area contributed by atoms with E-state index < -0.39 is 12.0 Å². The molecule has 1 unspecified atom stereocenters. The molecule has 8 heteroatoms. The van der Waals surface area contributed by atoms with Crippen LogP contribution in [0, 0.1) is 0 Å². The van der Waals surface area contributed by atoms with Gasteiger partial charge in [0.2, 0.25) is 0 Å². The number of rotatable bonds is 7. The summed E-state index contributed by atoms with van der Waals surface area (Å²) in [5.74, 6) is -1.00. The molecule has 2 amide bonds. The van der Waals surface area contributed by atoms with E-state index in [1.807, 2.05) is 5.38 Å². The number of hydrogen-bond donors (Lipinski definition) is 2. The van der Waals surface area contributed by atoms with Crippen molar-refractivity contribution in [3.05, 3.63) is 87.1 Å². The van der Waals surface area contributed by atoms with Crippen molar-refractivity contribution in [3.63, 3.8) is 0 Å². The van der Waals surface area contributed by atoms with Crippen molar-refractivity contribution in [1.82, 2.24) is 5.32 Å². The van der Waals surface area contributed by atoms with Crippen molar-refractivity contribution in [2.75, 3.05) is 12.4 Å². The van der Waals surface area contributed by atoms with Gasteiger partial charge in [-0.3, -0.25) is 14.4 Å². The molecular weight excluding hydrogens is 424 g/mol. The van der Waals surface area contributed by atoms with Crippen LogP contribution in [0.25, 0.3) is 0 Å². The largest absolute Gasteiger partial charge is 0.469 e. The first-order valence-electron chi connectivity index (χ1n) is 9.04. The molecule has 2 aromatic carbocycles. The van der Waals surface area contributed by atoms with Crippen molar-refractivity contribution >= 4 is 46.4 Å². The fourth-order valence-corrected chi connectivity index (χ4v) is 3.49. The van der Waals surface area contributed by atoms with Crippen LogP contribution >= 0.6 is 22.9 Å². The normalized spacial score (nSPS) is 11.4. The number of esters is 1. The van der Waals surface area contributed by atoms with Crippen molar-refractivity contribution < 1.29 is 19.1 Å². The van der Waals surface area contributed by atoms with E-state index >= 15 is 0 Å². The lowest BCUT2D eigenvalue weighted by molar-refractivity contribution is -0.141. The van der Waals surface area contributed by atoms with E-state index in [1.165, 1.54) is 18.4 Å². The molecule has 0 saturated heterocycles. The molecule has 6 nitrogen and oxygen atoms in total. The zero-order valence-corrected chi connectivity index (χ0v) is 17.6. The zero-order valence-electron chi connectivity index (χ0n) is 16.1. The Bertz CT molecular complexity index is 1020. The highest BCUT2D eigenvalue weighted by molar-refractivity contribution is 7.12. The Balaban J connectivity index is 1.69. The molecule has 154 valence electrons. The van der Waals surface area contributed by atoms with Gasteiger partial charge in [0.05, 0.1) is 24.4 Å². The van der Waals surface area contributed by atoms with Crippen LogP contribution < -0.4 is 10.6 Å². The number of anilines is 1. The third-order valence-electron chi connectivity index (χ3n) is 4.33. The number of thiophene rings is 1. The highest BCUT2D eigenvalue weighted by atomic mass is 35.5. The van der Waals surface area contributed by atoms with E-state index in [0.717, 1.165) is 5.56 Å². The van der Waals surface area contributed by atoms with Crippen molar-refractivity contribution in [1.29, 1.82) is 0 Å². The maximum Gasteiger partial charge on any atom is 0.307 e. The maximum absolute atomic E-state index is 12.7. The van der Waals surface area contributed by atoms with E-state index in [0.29, 0.717) is 21.2 Å². The number of halogens is 1. The van der Waals surface area contributed by atoms with Gasteiger partial charge in [-0.2, -0.15) is 0 Å². The summed E-state index contributed by atoms with van der Waals surface area (Å²) in [6.45, 7) is 0. The number of benzene rings is 2. The highest BCUT2D eigenvalue weighted by Gasteiger charge is 2.20. The monoisotopic (exact) mass is 442 g/mol. The minimum atomic E-state index is -0.569. The van der Waals surface area contributed by atoms with E-state index in [-0.39, 0.29) is 18.2 Å². The van der Waals surface area contributed by atoms with E-state index in [2.05, 4.69) is 10.6 Å². The summed E-state index contributed by atoms with van der Waals surface area (Å²) in [6, 6.07) is 16.4. The van der Waals surface area contributed by atoms with Crippen LogP contribution in [0.3, 0.4) is 0 Å². The van der Waals surface area contributed by atoms with Crippen LogP contribution in [0.2, 0.25) is 5.02 Å². The maximum atomic E-state index is 12.7. The smallest absolute Gasteiger partial charge is 0.307 e. The average molecular weight is 443 g/mol. The van der Waals surface area contributed by atoms with Crippen LogP contribution in [0.1, 0.15) is 38.1 Å². The average Bonchev–Trinajstić information content (AvgIpc) is 3.29. The summed E-state index contributed by atoms with van der Waals surface area (Å²) in [5.41, 5.74) is 1.71. The molecule has 1 atom stereocenters. The Morgan fingerprint density at radius 3 is 2.30 bits per heavy atom. The predicted octanol–water partition coefficient (Wildman–Crippen LogP) is 4.69. The summed E-state index contributed by atoms with van der Waals surface area (Å²) < 4.78 is 4.74. The van der Waals surface area contributed by atoms with Crippen LogP contribution in [-0.4, -0.2) is 24.9 Å². The minimum absolute atomic E-state index is 0.0151. The fourth-order valence-electron chi connectivity index (χ4n) is 2.74. The SMILES string of the molecule is COC(=O)CC(NC(=O)c1ccc(NC(=O)c2cccs2)cc1)c1ccc(Cl)cc1. The second-order valence-electron chi connectivity index (χ2n) is 6.37. The van der Waals surface area contributed by atoms with Crippen molar-refractivity contribution in [2.45, 2.75) is 12.5 Å². The van der Waals surface area contributed by atoms with Crippen LogP contribution in [0.5, 0.6) is 0 Å². The molecule has 0 aliphatic carbocycles. The molecular formula is C22H19ClN2O4S. The molecule has 0 aliphatic rings. The topological polar surface area (TPSA) is 84.5 Å². The molecule has 1 heterocycles. The van der Waals surface area contributed by atoms with E-state index in [1.54, 1.807) is 60.7 Å². The number of hydrogen-bond acceptors (Lipinski definition) is 5. The Morgan fingerprint density at radius 2 is 1.70 bits per heavy atom. The van der Waals surface area contributed by atoms with E-state index in [4.69, 9.17) is 16.3 Å². The fraction of sp³-hybridized carbons (Fsp3) is 0.136. The van der Waals surface area contributed by atoms with Gasteiger partial charge >= 0.3 is 5.97 Å². The summed E-state index contributed by atoms with van der Waals surface area (Å²) >= 11 is 7.27. The van der Waals surface area contributed by atoms with Gasteiger partial charge in [0, 0.05) is 16.3 Å². The Morgan fingerprint density at radius 1 is 1.00 bits per heavy atom. The molecule has 0 saturated carbocycles. The molecule has 0 aliphatic heterocycles. The minimum Gasteiger partial charge on any atom is -0.469 e. The lowest BCUT2D eigenvalue weighted by atomic mass is 10.0. The predicted molar refractivity (Wildman–Crippen MR) is 117 cm³/mol. The number of amides is 2. The molecule has 0 bridgehead atoms. The van der Waals surface area contributed by atoms with Crippen molar-refractivity contribution in [3.8, 4) is 0 Å². The molecule has 0 radical (unpaired) electrons. The highest BCUT2D eigenvalue weighted by Crippen LogP contribution is 2.21. The third kappa shape index (κ3) is 5.68. The van der Waals surface area contributed by atoms with Gasteiger partial charge in [-0.1, -0.05) is 29.8 Å². The first-order valence-corrected chi connectivity index (χ1v) is 10.3. The van der Waals surface area contributed by atoms with Gasteiger partial charge in [-0.05, 0) is 53.4 Å². The van der Waals surface area contributed by atoms with Gasteiger partial charge in [0.15, 0.2) is 0 Å². The third-order valence-corrected chi connectivity index (χ3v) is 5.45. The molecule has 1 aromatic heterocycles. The first-order chi connectivity index (χ1) is 14.5. The van der Waals surface area contributed by atoms with Crippen LogP contribution in [0.15, 0.2) is 66.0 Å². The summed E-state index contributed by atoms with van der Waals surface area (Å²) in [4.78, 5) is 37.2. The lowest BCUT2D eigenvalue weighted by Gasteiger charge is -2.18. The van der Waals surface area contributed by atoms with E-state index in [9.17, 15) is 14.4 Å². The Labute approximate surface area is 182 Å². The number of carbonyl (C=O) groups excluding carboxylic acids is 3. The Kier molecular flexibility index (Phi) is 7.21. The lowest BCUT2D eigenvalue weighted by Crippen LogP contribution is -2.30. The number of carbonyl (C=O) groups is 3. The second-order valence-corrected chi connectivity index (χ2v) is 7.75. The molecule has 3 rings (SSSR count). The van der Waals surface area contributed by atoms with Gasteiger partial charge < -0.3 is 15.4 Å². The van der Waals surface area contributed by atoms with Gasteiger partial charge in [-0.25, -0.2) is 0 Å². The molecule has 0 fully saturated rings. The quantitative estimate of drug-likeness (QED) is 0.520. The summed E-state index contributed by atoms with van der Waals surface area (Å²) in [5, 5.41) is 8.02. The summed E-state index contributed by atoms with van der Waals surface area (Å²) in [7, 11) is 1.30. The molecule has 2 N–H and O–H groups in total. The molecule has 3 aromatic rings. The van der Waals surface area contributed by atoms with Crippen LogP contribution in [0.4, 0.5) is 5.69 Å². The van der Waals surface area contributed by atoms with Gasteiger partial charge in [-0.15, -0.1) is 11.3 Å². The number of methoxy groups -OCH3 is 1. The Hall–Kier alpha value is -3.16. The van der Waals surface area contributed by atoms with Crippen molar-refractivity contribution in [2.24, 2.45) is 0 Å². The standard InChI is InChI=1S/C22H19ClN2O4S/c1-29-20(26)13-18(14-4-8-16(23)9-5-14)25-21(27)15-6-10-17(11-7-15)24-22(28)19-3-2-12-30-19/h2-12,18H,13H2,1H3,(H,24,28)(H,25,27). The van der Waals surface area contributed by atoms with Gasteiger partial charge in [0.1, 0.15) is 0 Å². The number of ether oxygens (including phenoxy) is 1. The number of nitrogens with one attached hydrogen (secondary N) is 2. The molecule has 0 spiro atoms. The second kappa shape index (κ2) is 10.0.